The Morgan fingerprint density at radius 1 is 1.18 bits per heavy atom. The van der Waals surface area contributed by atoms with Crippen molar-refractivity contribution in [2.24, 2.45) is 0 Å². The Labute approximate surface area is 73.9 Å². The highest BCUT2D eigenvalue weighted by atomic mass is 79.9. The summed E-state index contributed by atoms with van der Waals surface area (Å²) in [5, 5.41) is 0. The van der Waals surface area contributed by atoms with E-state index in [1.165, 1.54) is 0 Å². The van der Waals surface area contributed by atoms with Gasteiger partial charge in [0.1, 0.15) is 6.29 Å². The minimum absolute atomic E-state index is 0.678. The van der Waals surface area contributed by atoms with Gasteiger partial charge in [0.15, 0.2) is 0 Å². The van der Waals surface area contributed by atoms with Crippen molar-refractivity contribution in [3.63, 3.8) is 0 Å². The molecule has 0 amide bonds. The Morgan fingerprint density at radius 2 is 1.91 bits per heavy atom. The highest BCUT2D eigenvalue weighted by Crippen LogP contribution is 2.09. The molecule has 1 aliphatic carbocycles. The lowest BCUT2D eigenvalue weighted by atomic mass is 10.2. The van der Waals surface area contributed by atoms with Gasteiger partial charge in [-0.1, -0.05) is 40.2 Å². The van der Waals surface area contributed by atoms with Crippen LogP contribution in [0.3, 0.4) is 0 Å². The van der Waals surface area contributed by atoms with Crippen LogP contribution in [0.2, 0.25) is 0 Å². The maximum absolute atomic E-state index is 10.3. The van der Waals surface area contributed by atoms with Gasteiger partial charge in [-0.3, -0.25) is 4.79 Å². The van der Waals surface area contributed by atoms with Crippen LogP contribution in [0, 0.1) is 0 Å². The van der Waals surface area contributed by atoms with E-state index in [4.69, 9.17) is 0 Å². The van der Waals surface area contributed by atoms with Crippen LogP contribution >= 0.6 is 15.9 Å². The molecule has 0 radical (unpaired) electrons. The Bertz CT molecular complexity index is 269. The number of rotatable bonds is 1. The molecule has 2 heteroatoms. The molecule has 0 aromatic heterocycles. The first-order valence-electron chi connectivity index (χ1n) is 3.20. The topological polar surface area (TPSA) is 17.1 Å². The summed E-state index contributed by atoms with van der Waals surface area (Å²) in [4.78, 5) is 10.3. The Morgan fingerprint density at radius 3 is 2.64 bits per heavy atom. The van der Waals surface area contributed by atoms with E-state index in [9.17, 15) is 4.79 Å². The third-order valence-electron chi connectivity index (χ3n) is 1.22. The number of hydrogen-bond donors (Lipinski definition) is 0. The largest absolute Gasteiger partial charge is 0.298 e. The molecular formula is C9H7BrO. The second-order valence-electron chi connectivity index (χ2n) is 2.05. The summed E-state index contributed by atoms with van der Waals surface area (Å²) in [6.07, 6.45) is 11.8. The summed E-state index contributed by atoms with van der Waals surface area (Å²) in [7, 11) is 0. The van der Waals surface area contributed by atoms with E-state index in [2.05, 4.69) is 15.9 Å². The molecule has 1 nitrogen and oxygen atoms in total. The number of carbonyl (C=O) groups is 1. The predicted octanol–water partition coefficient (Wildman–Crippen LogP) is 2.52. The monoisotopic (exact) mass is 210 g/mol. The van der Waals surface area contributed by atoms with Crippen LogP contribution in [0.15, 0.2) is 46.5 Å². The zero-order chi connectivity index (χ0) is 8.10. The first-order valence-corrected chi connectivity index (χ1v) is 3.99. The minimum atomic E-state index is 0.678. The molecule has 1 rings (SSSR count). The second-order valence-corrected chi connectivity index (χ2v) is 2.97. The van der Waals surface area contributed by atoms with Gasteiger partial charge in [0.25, 0.3) is 0 Å². The minimum Gasteiger partial charge on any atom is -0.298 e. The Hall–Kier alpha value is -0.890. The van der Waals surface area contributed by atoms with Gasteiger partial charge in [-0.05, 0) is 12.2 Å². The fourth-order valence-electron chi connectivity index (χ4n) is 0.692. The van der Waals surface area contributed by atoms with Crippen LogP contribution in [0.25, 0.3) is 0 Å². The van der Waals surface area contributed by atoms with Crippen molar-refractivity contribution in [3.8, 4) is 0 Å². The predicted molar refractivity (Wildman–Crippen MR) is 49.4 cm³/mol. The lowest BCUT2D eigenvalue weighted by Crippen LogP contribution is -1.78. The number of allylic oxidation sites excluding steroid dienone is 8. The fourth-order valence-corrected chi connectivity index (χ4v) is 0.997. The standard InChI is InChI=1S/C9H7BrO/c10-9-5-1-3-8(7-11)4-2-6-9/h1-7H. The second kappa shape index (κ2) is 4.09. The molecule has 0 saturated carbocycles. The Balaban J connectivity index is 2.87. The van der Waals surface area contributed by atoms with E-state index >= 15 is 0 Å². The molecule has 0 saturated heterocycles. The summed E-state index contributed by atoms with van der Waals surface area (Å²) in [5.41, 5.74) is 0.678. The lowest BCUT2D eigenvalue weighted by molar-refractivity contribution is -0.104. The summed E-state index contributed by atoms with van der Waals surface area (Å²) in [6.45, 7) is 0. The van der Waals surface area contributed by atoms with Crippen molar-refractivity contribution in [1.82, 2.24) is 0 Å². The van der Waals surface area contributed by atoms with Crippen LogP contribution in [-0.2, 0) is 4.79 Å². The van der Waals surface area contributed by atoms with Crippen LogP contribution < -0.4 is 0 Å². The van der Waals surface area contributed by atoms with E-state index in [0.29, 0.717) is 5.57 Å². The van der Waals surface area contributed by atoms with Crippen LogP contribution in [-0.4, -0.2) is 6.29 Å². The maximum atomic E-state index is 10.3. The fraction of sp³-hybridized carbons (Fsp3) is 0. The first kappa shape index (κ1) is 8.21. The van der Waals surface area contributed by atoms with Gasteiger partial charge in [0.2, 0.25) is 0 Å². The van der Waals surface area contributed by atoms with E-state index < -0.39 is 0 Å². The molecule has 11 heavy (non-hydrogen) atoms. The Kier molecular flexibility index (Phi) is 3.05. The summed E-state index contributed by atoms with van der Waals surface area (Å²) < 4.78 is 0.995. The molecule has 0 atom stereocenters. The smallest absolute Gasteiger partial charge is 0.150 e. The third kappa shape index (κ3) is 2.68. The maximum Gasteiger partial charge on any atom is 0.150 e. The van der Waals surface area contributed by atoms with Crippen molar-refractivity contribution in [2.45, 2.75) is 0 Å². The number of hydrogen-bond acceptors (Lipinski definition) is 1. The van der Waals surface area contributed by atoms with Crippen molar-refractivity contribution in [2.75, 3.05) is 0 Å². The molecule has 0 bridgehead atoms. The van der Waals surface area contributed by atoms with Crippen molar-refractivity contribution in [1.29, 1.82) is 0 Å². The highest BCUT2D eigenvalue weighted by Gasteiger charge is 1.88. The molecule has 0 aromatic carbocycles. The van der Waals surface area contributed by atoms with E-state index in [0.717, 1.165) is 10.8 Å². The van der Waals surface area contributed by atoms with Crippen LogP contribution in [0.5, 0.6) is 0 Å². The van der Waals surface area contributed by atoms with Crippen molar-refractivity contribution < 1.29 is 4.79 Å². The van der Waals surface area contributed by atoms with Crippen LogP contribution in [0.1, 0.15) is 0 Å². The number of aldehydes is 1. The molecule has 56 valence electrons. The van der Waals surface area contributed by atoms with E-state index in [1.807, 2.05) is 24.3 Å². The van der Waals surface area contributed by atoms with Crippen molar-refractivity contribution >= 4 is 22.2 Å². The van der Waals surface area contributed by atoms with Gasteiger partial charge in [-0.15, -0.1) is 0 Å². The first-order chi connectivity index (χ1) is 5.33. The molecular weight excluding hydrogens is 204 g/mol. The molecule has 0 fully saturated rings. The average Bonchev–Trinajstić information content (AvgIpc) is 1.96. The number of halogens is 1. The average molecular weight is 211 g/mol. The van der Waals surface area contributed by atoms with Gasteiger partial charge < -0.3 is 0 Å². The molecule has 0 aliphatic heterocycles. The summed E-state index contributed by atoms with van der Waals surface area (Å²) >= 11 is 3.32. The summed E-state index contributed by atoms with van der Waals surface area (Å²) in [6, 6.07) is 0. The SMILES string of the molecule is O=CC1=CC=CC(Br)=CC=C1. The quantitative estimate of drug-likeness (QED) is 0.609. The molecule has 0 N–H and O–H groups in total. The van der Waals surface area contributed by atoms with E-state index in [1.54, 1.807) is 12.2 Å². The molecule has 1 aliphatic rings. The van der Waals surface area contributed by atoms with Gasteiger partial charge in [0.05, 0.1) is 0 Å². The van der Waals surface area contributed by atoms with Gasteiger partial charge in [-0.25, -0.2) is 0 Å². The van der Waals surface area contributed by atoms with Gasteiger partial charge >= 0.3 is 0 Å². The zero-order valence-corrected chi connectivity index (χ0v) is 7.41. The zero-order valence-electron chi connectivity index (χ0n) is 5.83. The molecule has 0 heterocycles. The number of carbonyl (C=O) groups excluding carboxylic acids is 1. The highest BCUT2D eigenvalue weighted by molar-refractivity contribution is 9.11. The molecule has 0 unspecified atom stereocenters. The van der Waals surface area contributed by atoms with Gasteiger partial charge in [-0.2, -0.15) is 0 Å². The van der Waals surface area contributed by atoms with Crippen LogP contribution in [0.4, 0.5) is 0 Å². The van der Waals surface area contributed by atoms with Gasteiger partial charge in [0, 0.05) is 10.1 Å². The molecule has 0 aromatic rings. The normalized spacial score (nSPS) is 16.5. The lowest BCUT2D eigenvalue weighted by Gasteiger charge is -1.91. The van der Waals surface area contributed by atoms with Crippen molar-refractivity contribution in [3.05, 3.63) is 46.5 Å². The third-order valence-corrected chi connectivity index (χ3v) is 1.75. The van der Waals surface area contributed by atoms with E-state index in [-0.39, 0.29) is 0 Å². The summed E-state index contributed by atoms with van der Waals surface area (Å²) in [5.74, 6) is 0. The molecule has 0 spiro atoms.